The standard InChI is InChI=1S/C24H27F3N2O4S/c1-33-19-7-4-6-18(16-19)21-9-5-13-29(21)23(30)17-11-14-28(15-12-17)34(31,32)22-10-3-2-8-20(22)24(25,26)27/h2-4,6-8,10,16-17,21H,5,9,11-15H2,1H3/t21-/m1/s1. The molecule has 2 aromatic carbocycles. The Morgan fingerprint density at radius 3 is 2.38 bits per heavy atom. The fraction of sp³-hybridized carbons (Fsp3) is 0.458. The van der Waals surface area contributed by atoms with Crippen molar-refractivity contribution in [1.82, 2.24) is 9.21 Å². The van der Waals surface area contributed by atoms with Crippen LogP contribution in [0.3, 0.4) is 0 Å². The molecule has 0 aromatic heterocycles. The first-order valence-corrected chi connectivity index (χ1v) is 12.7. The minimum absolute atomic E-state index is 0.00258. The second-order valence-electron chi connectivity index (χ2n) is 8.64. The molecule has 1 amide bonds. The van der Waals surface area contributed by atoms with Crippen LogP contribution < -0.4 is 4.74 Å². The third kappa shape index (κ3) is 4.79. The highest BCUT2D eigenvalue weighted by molar-refractivity contribution is 7.89. The zero-order valence-corrected chi connectivity index (χ0v) is 19.6. The molecule has 0 radical (unpaired) electrons. The van der Waals surface area contributed by atoms with Gasteiger partial charge in [-0.1, -0.05) is 24.3 Å². The minimum atomic E-state index is -4.77. The number of methoxy groups -OCH3 is 1. The van der Waals surface area contributed by atoms with Crippen LogP contribution in [0.2, 0.25) is 0 Å². The van der Waals surface area contributed by atoms with Crippen molar-refractivity contribution in [1.29, 1.82) is 0 Å². The number of ether oxygens (including phenoxy) is 1. The maximum absolute atomic E-state index is 13.4. The lowest BCUT2D eigenvalue weighted by atomic mass is 9.95. The van der Waals surface area contributed by atoms with Gasteiger partial charge in [0.15, 0.2) is 0 Å². The molecule has 0 N–H and O–H groups in total. The number of alkyl halides is 3. The van der Waals surface area contributed by atoms with E-state index in [2.05, 4.69) is 0 Å². The lowest BCUT2D eigenvalue weighted by Gasteiger charge is -2.34. The zero-order chi connectivity index (χ0) is 24.5. The summed E-state index contributed by atoms with van der Waals surface area (Å²) in [6.07, 6.45) is -2.53. The summed E-state index contributed by atoms with van der Waals surface area (Å²) in [5.41, 5.74) is -0.180. The molecule has 6 nitrogen and oxygen atoms in total. The van der Waals surface area contributed by atoms with Crippen LogP contribution in [-0.2, 0) is 21.0 Å². The Labute approximate surface area is 197 Å². The summed E-state index contributed by atoms with van der Waals surface area (Å²) >= 11 is 0. The molecule has 10 heteroatoms. The minimum Gasteiger partial charge on any atom is -0.497 e. The topological polar surface area (TPSA) is 66.9 Å². The van der Waals surface area contributed by atoms with Crippen LogP contribution in [0.15, 0.2) is 53.4 Å². The van der Waals surface area contributed by atoms with Crippen molar-refractivity contribution in [2.75, 3.05) is 26.7 Å². The van der Waals surface area contributed by atoms with E-state index in [0.29, 0.717) is 6.54 Å². The second kappa shape index (κ2) is 9.58. The molecular weight excluding hydrogens is 469 g/mol. The molecule has 0 bridgehead atoms. The summed E-state index contributed by atoms with van der Waals surface area (Å²) < 4.78 is 72.5. The van der Waals surface area contributed by atoms with Gasteiger partial charge in [-0.15, -0.1) is 0 Å². The van der Waals surface area contributed by atoms with Gasteiger partial charge in [0.2, 0.25) is 15.9 Å². The van der Waals surface area contributed by atoms with Gasteiger partial charge in [-0.25, -0.2) is 8.42 Å². The number of carbonyl (C=O) groups is 1. The number of carbonyl (C=O) groups excluding carboxylic acids is 1. The van der Waals surface area contributed by atoms with Crippen molar-refractivity contribution in [3.8, 4) is 5.75 Å². The van der Waals surface area contributed by atoms with Crippen LogP contribution in [0.1, 0.15) is 42.9 Å². The fourth-order valence-electron chi connectivity index (χ4n) is 4.87. The summed E-state index contributed by atoms with van der Waals surface area (Å²) in [7, 11) is -2.74. The quantitative estimate of drug-likeness (QED) is 0.612. The van der Waals surface area contributed by atoms with Gasteiger partial charge in [0.05, 0.1) is 23.6 Å². The van der Waals surface area contributed by atoms with Crippen LogP contribution in [0, 0.1) is 5.92 Å². The van der Waals surface area contributed by atoms with Crippen molar-refractivity contribution in [2.24, 2.45) is 5.92 Å². The first-order chi connectivity index (χ1) is 16.1. The average molecular weight is 497 g/mol. The molecule has 2 heterocycles. The Bertz CT molecular complexity index is 1140. The van der Waals surface area contributed by atoms with E-state index in [0.717, 1.165) is 40.6 Å². The van der Waals surface area contributed by atoms with E-state index in [9.17, 15) is 26.4 Å². The zero-order valence-electron chi connectivity index (χ0n) is 18.8. The number of nitrogens with zero attached hydrogens (tertiary/aromatic N) is 2. The van der Waals surface area contributed by atoms with Crippen LogP contribution in [-0.4, -0.2) is 50.3 Å². The van der Waals surface area contributed by atoms with Gasteiger partial charge >= 0.3 is 6.18 Å². The number of amides is 1. The van der Waals surface area contributed by atoms with Crippen LogP contribution in [0.5, 0.6) is 5.75 Å². The molecule has 0 saturated carbocycles. The van der Waals surface area contributed by atoms with E-state index < -0.39 is 26.7 Å². The lowest BCUT2D eigenvalue weighted by Crippen LogP contribution is -2.44. The number of halogens is 3. The number of hydrogen-bond donors (Lipinski definition) is 0. The Kier molecular flexibility index (Phi) is 6.91. The van der Waals surface area contributed by atoms with Crippen LogP contribution in [0.25, 0.3) is 0 Å². The van der Waals surface area contributed by atoms with Gasteiger partial charge in [0.1, 0.15) is 5.75 Å². The highest BCUT2D eigenvalue weighted by Crippen LogP contribution is 2.38. The molecule has 0 spiro atoms. The summed E-state index contributed by atoms with van der Waals surface area (Å²) in [6, 6.07) is 11.8. The molecule has 2 fully saturated rings. The molecule has 0 aliphatic carbocycles. The van der Waals surface area contributed by atoms with Gasteiger partial charge in [-0.3, -0.25) is 4.79 Å². The third-order valence-electron chi connectivity index (χ3n) is 6.63. The molecular formula is C24H27F3N2O4S. The number of benzene rings is 2. The molecule has 2 saturated heterocycles. The van der Waals surface area contributed by atoms with Gasteiger partial charge in [0, 0.05) is 25.6 Å². The van der Waals surface area contributed by atoms with E-state index in [1.807, 2.05) is 29.2 Å². The number of piperidine rings is 1. The largest absolute Gasteiger partial charge is 0.497 e. The van der Waals surface area contributed by atoms with Gasteiger partial charge < -0.3 is 9.64 Å². The monoisotopic (exact) mass is 496 g/mol. The Balaban J connectivity index is 1.46. The number of rotatable bonds is 5. The van der Waals surface area contributed by atoms with Crippen molar-refractivity contribution in [2.45, 2.75) is 42.8 Å². The van der Waals surface area contributed by atoms with Crippen molar-refractivity contribution < 1.29 is 31.1 Å². The van der Waals surface area contributed by atoms with E-state index >= 15 is 0 Å². The summed E-state index contributed by atoms with van der Waals surface area (Å²) in [6.45, 7) is 0.628. The summed E-state index contributed by atoms with van der Waals surface area (Å²) in [5, 5.41) is 0. The van der Waals surface area contributed by atoms with Gasteiger partial charge in [-0.2, -0.15) is 17.5 Å². The van der Waals surface area contributed by atoms with E-state index in [4.69, 9.17) is 4.74 Å². The predicted octanol–water partition coefficient (Wildman–Crippen LogP) is 4.48. The normalized spacial score (nSPS) is 20.5. The third-order valence-corrected chi connectivity index (χ3v) is 8.58. The predicted molar refractivity (Wildman–Crippen MR) is 120 cm³/mol. The summed E-state index contributed by atoms with van der Waals surface area (Å²) in [5.74, 6) is 0.322. The van der Waals surface area contributed by atoms with Crippen LogP contribution in [0.4, 0.5) is 13.2 Å². The highest BCUT2D eigenvalue weighted by Gasteiger charge is 2.41. The number of likely N-dealkylation sites (tertiary alicyclic amines) is 1. The van der Waals surface area contributed by atoms with E-state index in [1.165, 1.54) is 12.1 Å². The lowest BCUT2D eigenvalue weighted by molar-refractivity contribution is -0.140. The molecule has 34 heavy (non-hydrogen) atoms. The van der Waals surface area contributed by atoms with Crippen LogP contribution >= 0.6 is 0 Å². The van der Waals surface area contributed by atoms with Crippen molar-refractivity contribution in [3.63, 3.8) is 0 Å². The smallest absolute Gasteiger partial charge is 0.417 e. The first kappa shape index (κ1) is 24.5. The molecule has 4 rings (SSSR count). The fourth-order valence-corrected chi connectivity index (χ4v) is 6.55. The van der Waals surface area contributed by atoms with Gasteiger partial charge in [0.25, 0.3) is 0 Å². The SMILES string of the molecule is COc1cccc([C@H]2CCCN2C(=O)C2CCN(S(=O)(=O)c3ccccc3C(F)(F)F)CC2)c1. The molecule has 2 aliphatic heterocycles. The number of hydrogen-bond acceptors (Lipinski definition) is 4. The Morgan fingerprint density at radius 2 is 1.71 bits per heavy atom. The van der Waals surface area contributed by atoms with Gasteiger partial charge in [-0.05, 0) is 55.5 Å². The number of sulfonamides is 1. The Hall–Kier alpha value is -2.59. The van der Waals surface area contributed by atoms with E-state index in [1.54, 1.807) is 7.11 Å². The Morgan fingerprint density at radius 1 is 1.00 bits per heavy atom. The molecule has 2 aromatic rings. The van der Waals surface area contributed by atoms with Crippen molar-refractivity contribution in [3.05, 3.63) is 59.7 Å². The van der Waals surface area contributed by atoms with E-state index in [-0.39, 0.29) is 43.8 Å². The maximum Gasteiger partial charge on any atom is 0.417 e. The first-order valence-electron chi connectivity index (χ1n) is 11.2. The second-order valence-corrected chi connectivity index (χ2v) is 10.5. The molecule has 2 aliphatic rings. The molecule has 1 atom stereocenters. The maximum atomic E-state index is 13.4. The molecule has 184 valence electrons. The average Bonchev–Trinajstić information content (AvgIpc) is 3.33. The highest BCUT2D eigenvalue weighted by atomic mass is 32.2. The summed E-state index contributed by atoms with van der Waals surface area (Å²) in [4.78, 5) is 14.4. The van der Waals surface area contributed by atoms with Crippen molar-refractivity contribution >= 4 is 15.9 Å². The molecule has 0 unspecified atom stereocenters.